The number of carboxylic acids is 1. The number of carboxylic acid groups (broad SMARTS) is 1. The van der Waals surface area contributed by atoms with Crippen molar-refractivity contribution in [3.05, 3.63) is 29.3 Å². The van der Waals surface area contributed by atoms with Crippen LogP contribution in [-0.2, 0) is 14.8 Å². The van der Waals surface area contributed by atoms with Crippen LogP contribution >= 0.6 is 0 Å². The van der Waals surface area contributed by atoms with Gasteiger partial charge in [0, 0.05) is 12.1 Å². The first-order valence-corrected chi connectivity index (χ1v) is 8.39. The number of aliphatic carboxylic acids is 1. The lowest BCUT2D eigenvalue weighted by molar-refractivity contribution is -0.142. The standard InChI is InChI=1S/C14H15F2NO4S/c1-7-4-11(16)13(6-10(7)15)22(20,21)17-8-2-3-12(17)9(5-8)14(18)19/h4,6,8-9,12H,2-3,5H2,1H3,(H,18,19). The molecule has 1 aromatic rings. The summed E-state index contributed by atoms with van der Waals surface area (Å²) < 4.78 is 54.1. The van der Waals surface area contributed by atoms with Crippen LogP contribution in [0.4, 0.5) is 8.78 Å². The van der Waals surface area contributed by atoms with Crippen molar-refractivity contribution in [3.63, 3.8) is 0 Å². The van der Waals surface area contributed by atoms with Gasteiger partial charge in [-0.2, -0.15) is 4.31 Å². The van der Waals surface area contributed by atoms with E-state index >= 15 is 0 Å². The molecule has 3 rings (SSSR count). The van der Waals surface area contributed by atoms with Gasteiger partial charge in [-0.05, 0) is 43.9 Å². The Kier molecular flexibility index (Phi) is 3.48. The number of benzene rings is 1. The fourth-order valence-corrected chi connectivity index (χ4v) is 5.50. The van der Waals surface area contributed by atoms with Gasteiger partial charge in [0.1, 0.15) is 16.5 Å². The summed E-state index contributed by atoms with van der Waals surface area (Å²) in [4.78, 5) is 10.5. The highest BCUT2D eigenvalue weighted by Crippen LogP contribution is 2.45. The summed E-state index contributed by atoms with van der Waals surface area (Å²) in [6, 6.07) is 0.374. The number of halogens is 2. The van der Waals surface area contributed by atoms with E-state index in [0.29, 0.717) is 18.9 Å². The van der Waals surface area contributed by atoms with Crippen LogP contribution in [0, 0.1) is 24.5 Å². The van der Waals surface area contributed by atoms with Crippen LogP contribution in [0.15, 0.2) is 17.0 Å². The molecule has 120 valence electrons. The summed E-state index contributed by atoms with van der Waals surface area (Å²) in [7, 11) is -4.26. The van der Waals surface area contributed by atoms with Crippen molar-refractivity contribution in [2.45, 2.75) is 43.2 Å². The van der Waals surface area contributed by atoms with E-state index in [-0.39, 0.29) is 12.0 Å². The molecule has 2 fully saturated rings. The van der Waals surface area contributed by atoms with Crippen molar-refractivity contribution in [2.75, 3.05) is 0 Å². The number of sulfonamides is 1. The average molecular weight is 331 g/mol. The summed E-state index contributed by atoms with van der Waals surface area (Å²) in [6.45, 7) is 1.34. The maximum absolute atomic E-state index is 14.0. The smallest absolute Gasteiger partial charge is 0.308 e. The number of hydrogen-bond donors (Lipinski definition) is 1. The topological polar surface area (TPSA) is 74.7 Å². The fourth-order valence-electron chi connectivity index (χ4n) is 3.52. The predicted octanol–water partition coefficient (Wildman–Crippen LogP) is 1.90. The summed E-state index contributed by atoms with van der Waals surface area (Å²) >= 11 is 0. The highest BCUT2D eigenvalue weighted by molar-refractivity contribution is 7.89. The molecule has 2 heterocycles. The van der Waals surface area contributed by atoms with Crippen molar-refractivity contribution in [2.24, 2.45) is 5.92 Å². The van der Waals surface area contributed by atoms with Gasteiger partial charge in [0.15, 0.2) is 0 Å². The second-order valence-corrected chi connectivity index (χ2v) is 7.66. The number of nitrogens with zero attached hydrogens (tertiary/aromatic N) is 1. The van der Waals surface area contributed by atoms with E-state index in [1.807, 2.05) is 0 Å². The molecule has 1 N–H and O–H groups in total. The van der Waals surface area contributed by atoms with Gasteiger partial charge in [-0.1, -0.05) is 0 Å². The Hall–Kier alpha value is -1.54. The molecule has 0 aliphatic carbocycles. The molecule has 22 heavy (non-hydrogen) atoms. The zero-order valence-electron chi connectivity index (χ0n) is 11.8. The minimum atomic E-state index is -4.26. The van der Waals surface area contributed by atoms with E-state index in [0.717, 1.165) is 10.4 Å². The molecule has 0 aromatic heterocycles. The number of fused-ring (bicyclic) bond motifs is 2. The molecule has 2 bridgehead atoms. The van der Waals surface area contributed by atoms with E-state index in [1.165, 1.54) is 6.92 Å². The molecular formula is C14H15F2NO4S. The van der Waals surface area contributed by atoms with Crippen LogP contribution < -0.4 is 0 Å². The normalized spacial score (nSPS) is 28.2. The van der Waals surface area contributed by atoms with Gasteiger partial charge in [-0.15, -0.1) is 0 Å². The largest absolute Gasteiger partial charge is 0.481 e. The summed E-state index contributed by atoms with van der Waals surface area (Å²) in [5.74, 6) is -3.66. The molecule has 8 heteroatoms. The summed E-state index contributed by atoms with van der Waals surface area (Å²) in [5, 5.41) is 9.17. The third kappa shape index (κ3) is 2.13. The minimum absolute atomic E-state index is 0.0178. The molecule has 0 radical (unpaired) electrons. The Bertz CT molecular complexity index is 749. The zero-order valence-corrected chi connectivity index (χ0v) is 12.6. The molecule has 2 aliphatic rings. The number of rotatable bonds is 3. The molecule has 0 spiro atoms. The number of aryl methyl sites for hydroxylation is 1. The van der Waals surface area contributed by atoms with Gasteiger partial charge in [-0.3, -0.25) is 4.79 Å². The van der Waals surface area contributed by atoms with E-state index in [4.69, 9.17) is 5.11 Å². The molecule has 2 aliphatic heterocycles. The van der Waals surface area contributed by atoms with Gasteiger partial charge in [0.05, 0.1) is 5.92 Å². The monoisotopic (exact) mass is 331 g/mol. The molecule has 0 amide bonds. The first-order chi connectivity index (χ1) is 10.2. The maximum Gasteiger partial charge on any atom is 0.308 e. The van der Waals surface area contributed by atoms with Crippen LogP contribution in [0.25, 0.3) is 0 Å². The predicted molar refractivity (Wildman–Crippen MR) is 72.7 cm³/mol. The quantitative estimate of drug-likeness (QED) is 0.918. The molecule has 3 atom stereocenters. The molecule has 1 aromatic carbocycles. The lowest BCUT2D eigenvalue weighted by atomic mass is 9.89. The SMILES string of the molecule is Cc1cc(F)c(S(=O)(=O)N2C3CCC2C(C(=O)O)C3)cc1F. The van der Waals surface area contributed by atoms with Gasteiger partial charge >= 0.3 is 5.97 Å². The highest BCUT2D eigenvalue weighted by Gasteiger charge is 2.54. The second-order valence-electron chi connectivity index (χ2n) is 5.85. The van der Waals surface area contributed by atoms with Crippen LogP contribution in [0.1, 0.15) is 24.8 Å². The molecule has 0 saturated carbocycles. The third-order valence-electron chi connectivity index (χ3n) is 4.56. The van der Waals surface area contributed by atoms with Crippen molar-refractivity contribution >= 4 is 16.0 Å². The van der Waals surface area contributed by atoms with Crippen molar-refractivity contribution in [3.8, 4) is 0 Å². The highest BCUT2D eigenvalue weighted by atomic mass is 32.2. The fraction of sp³-hybridized carbons (Fsp3) is 0.500. The lowest BCUT2D eigenvalue weighted by Gasteiger charge is -2.23. The van der Waals surface area contributed by atoms with Gasteiger partial charge < -0.3 is 5.11 Å². The Morgan fingerprint density at radius 1 is 1.27 bits per heavy atom. The van der Waals surface area contributed by atoms with Gasteiger partial charge in [0.25, 0.3) is 0 Å². The third-order valence-corrected chi connectivity index (χ3v) is 6.55. The van der Waals surface area contributed by atoms with E-state index in [2.05, 4.69) is 0 Å². The lowest BCUT2D eigenvalue weighted by Crippen LogP contribution is -2.38. The molecule has 3 unspecified atom stereocenters. The van der Waals surface area contributed by atoms with Gasteiger partial charge in [0.2, 0.25) is 10.0 Å². The first kappa shape index (κ1) is 15.4. The number of hydrogen-bond acceptors (Lipinski definition) is 3. The Labute approximate surface area is 126 Å². The molecular weight excluding hydrogens is 316 g/mol. The average Bonchev–Trinajstić information content (AvgIpc) is 3.01. The Morgan fingerprint density at radius 3 is 2.55 bits per heavy atom. The van der Waals surface area contributed by atoms with Crippen molar-refractivity contribution in [1.82, 2.24) is 4.31 Å². The van der Waals surface area contributed by atoms with E-state index in [1.54, 1.807) is 0 Å². The molecule has 2 saturated heterocycles. The maximum atomic E-state index is 14.0. The van der Waals surface area contributed by atoms with Crippen LogP contribution in [0.5, 0.6) is 0 Å². The minimum Gasteiger partial charge on any atom is -0.481 e. The van der Waals surface area contributed by atoms with E-state index in [9.17, 15) is 22.0 Å². The Balaban J connectivity index is 2.05. The van der Waals surface area contributed by atoms with E-state index < -0.39 is 50.5 Å². The summed E-state index contributed by atoms with van der Waals surface area (Å²) in [5.41, 5.74) is 0.0178. The summed E-state index contributed by atoms with van der Waals surface area (Å²) in [6.07, 6.45) is 1.19. The van der Waals surface area contributed by atoms with Crippen LogP contribution in [0.3, 0.4) is 0 Å². The zero-order chi connectivity index (χ0) is 16.2. The first-order valence-electron chi connectivity index (χ1n) is 6.95. The Morgan fingerprint density at radius 2 is 1.95 bits per heavy atom. The van der Waals surface area contributed by atoms with Crippen molar-refractivity contribution in [1.29, 1.82) is 0 Å². The van der Waals surface area contributed by atoms with Gasteiger partial charge in [-0.25, -0.2) is 17.2 Å². The van der Waals surface area contributed by atoms with Crippen molar-refractivity contribution < 1.29 is 27.1 Å². The van der Waals surface area contributed by atoms with Crippen LogP contribution in [0.2, 0.25) is 0 Å². The number of carbonyl (C=O) groups is 1. The second kappa shape index (κ2) is 4.99. The molecule has 5 nitrogen and oxygen atoms in total. The van der Waals surface area contributed by atoms with Crippen LogP contribution in [-0.4, -0.2) is 35.9 Å².